The van der Waals surface area contributed by atoms with Gasteiger partial charge < -0.3 is 10.1 Å². The van der Waals surface area contributed by atoms with Crippen molar-refractivity contribution in [3.8, 4) is 0 Å². The summed E-state index contributed by atoms with van der Waals surface area (Å²) in [5.41, 5.74) is 0.0840. The van der Waals surface area contributed by atoms with E-state index in [9.17, 15) is 0 Å². The molecule has 2 fully saturated rings. The second kappa shape index (κ2) is 3.99. The minimum atomic E-state index is 0.0295. The Hall–Kier alpha value is -0.0800. The second-order valence-corrected chi connectivity index (χ2v) is 6.97. The molecule has 2 heteroatoms. The van der Waals surface area contributed by atoms with Crippen molar-refractivity contribution in [3.05, 3.63) is 0 Å². The maximum absolute atomic E-state index is 6.19. The largest absolute Gasteiger partial charge is 0.369 e. The van der Waals surface area contributed by atoms with Crippen molar-refractivity contribution in [1.82, 2.24) is 5.32 Å². The Morgan fingerprint density at radius 1 is 1.12 bits per heavy atom. The van der Waals surface area contributed by atoms with Gasteiger partial charge in [0, 0.05) is 12.0 Å². The summed E-state index contributed by atoms with van der Waals surface area (Å²) in [6.07, 6.45) is 3.87. The molecule has 2 saturated heterocycles. The fourth-order valence-electron chi connectivity index (χ4n) is 3.60. The number of nitrogens with one attached hydrogen (secondary N) is 1. The maximum Gasteiger partial charge on any atom is 0.0677 e. The van der Waals surface area contributed by atoms with Gasteiger partial charge >= 0.3 is 0 Å². The van der Waals surface area contributed by atoms with E-state index in [-0.39, 0.29) is 11.2 Å². The molecule has 2 aliphatic rings. The van der Waals surface area contributed by atoms with E-state index >= 15 is 0 Å². The van der Waals surface area contributed by atoms with Crippen molar-refractivity contribution in [3.63, 3.8) is 0 Å². The van der Waals surface area contributed by atoms with Gasteiger partial charge in [-0.3, -0.25) is 0 Å². The van der Waals surface area contributed by atoms with E-state index in [0.29, 0.717) is 12.0 Å². The van der Waals surface area contributed by atoms with Crippen LogP contribution in [0.3, 0.4) is 0 Å². The molecule has 0 aliphatic carbocycles. The summed E-state index contributed by atoms with van der Waals surface area (Å²) in [6, 6.07) is 0.660. The molecule has 94 valence electrons. The van der Waals surface area contributed by atoms with Crippen LogP contribution in [0, 0.1) is 11.8 Å². The molecule has 0 radical (unpaired) electrons. The van der Waals surface area contributed by atoms with Crippen LogP contribution < -0.4 is 5.32 Å². The molecule has 3 unspecified atom stereocenters. The Labute approximate surface area is 100 Å². The smallest absolute Gasteiger partial charge is 0.0677 e. The van der Waals surface area contributed by atoms with Crippen LogP contribution in [0.5, 0.6) is 0 Å². The van der Waals surface area contributed by atoms with Gasteiger partial charge in [-0.2, -0.15) is 0 Å². The van der Waals surface area contributed by atoms with Crippen LogP contribution in [-0.2, 0) is 4.74 Å². The van der Waals surface area contributed by atoms with Gasteiger partial charge in [-0.25, -0.2) is 0 Å². The van der Waals surface area contributed by atoms with Crippen LogP contribution in [0.4, 0.5) is 0 Å². The fraction of sp³-hybridized carbons (Fsp3) is 1.00. The van der Waals surface area contributed by atoms with E-state index in [4.69, 9.17) is 4.74 Å². The summed E-state index contributed by atoms with van der Waals surface area (Å²) >= 11 is 0. The zero-order valence-electron chi connectivity index (χ0n) is 11.5. The van der Waals surface area contributed by atoms with E-state index in [1.54, 1.807) is 0 Å². The third-order valence-electron chi connectivity index (χ3n) is 4.33. The lowest BCUT2D eigenvalue weighted by Gasteiger charge is -2.37. The van der Waals surface area contributed by atoms with E-state index < -0.39 is 0 Å². The van der Waals surface area contributed by atoms with Crippen LogP contribution in [0.2, 0.25) is 0 Å². The highest BCUT2D eigenvalue weighted by molar-refractivity contribution is 5.00. The average molecular weight is 225 g/mol. The summed E-state index contributed by atoms with van der Waals surface area (Å²) in [6.45, 7) is 12.5. The zero-order chi connectivity index (χ0) is 12.0. The van der Waals surface area contributed by atoms with Crippen LogP contribution in [0.1, 0.15) is 53.9 Å². The Morgan fingerprint density at radius 2 is 1.81 bits per heavy atom. The Kier molecular flexibility index (Phi) is 3.09. The number of hydrogen-bond donors (Lipinski definition) is 1. The number of piperidine rings is 1. The first-order valence-corrected chi connectivity index (χ1v) is 6.74. The maximum atomic E-state index is 6.19. The molecule has 0 aromatic heterocycles. The molecule has 0 spiro atoms. The lowest BCUT2D eigenvalue weighted by molar-refractivity contribution is -0.0787. The van der Waals surface area contributed by atoms with Gasteiger partial charge in [0.05, 0.1) is 11.2 Å². The molecular formula is C14H27NO. The molecule has 0 saturated carbocycles. The predicted octanol–water partition coefficient (Wildman–Crippen LogP) is 2.97. The molecule has 0 aromatic carbocycles. The summed E-state index contributed by atoms with van der Waals surface area (Å²) < 4.78 is 6.19. The molecule has 0 bridgehead atoms. The molecule has 16 heavy (non-hydrogen) atoms. The molecule has 2 nitrogen and oxygen atoms in total. The second-order valence-electron chi connectivity index (χ2n) is 6.97. The van der Waals surface area contributed by atoms with E-state index in [0.717, 1.165) is 5.92 Å². The van der Waals surface area contributed by atoms with Crippen molar-refractivity contribution >= 4 is 0 Å². The summed E-state index contributed by atoms with van der Waals surface area (Å²) in [5, 5.41) is 3.72. The summed E-state index contributed by atoms with van der Waals surface area (Å²) in [5.74, 6) is 1.50. The Morgan fingerprint density at radius 3 is 2.25 bits per heavy atom. The van der Waals surface area contributed by atoms with Gasteiger partial charge in [0.2, 0.25) is 0 Å². The Balaban J connectivity index is 2.04. The van der Waals surface area contributed by atoms with Gasteiger partial charge in [0.15, 0.2) is 0 Å². The van der Waals surface area contributed by atoms with Crippen LogP contribution in [0.15, 0.2) is 0 Å². The van der Waals surface area contributed by atoms with Crippen LogP contribution in [-0.4, -0.2) is 23.8 Å². The first-order valence-electron chi connectivity index (χ1n) is 6.74. The Bertz CT molecular complexity index is 251. The van der Waals surface area contributed by atoms with Gasteiger partial charge in [0.1, 0.15) is 0 Å². The highest BCUT2D eigenvalue weighted by Gasteiger charge is 2.49. The monoisotopic (exact) mass is 225 g/mol. The normalized spacial score (nSPS) is 42.2. The van der Waals surface area contributed by atoms with Crippen molar-refractivity contribution in [1.29, 1.82) is 0 Å². The summed E-state index contributed by atoms with van der Waals surface area (Å²) in [4.78, 5) is 0. The SMILES string of the molecule is CC1CCC(C2CC(C)(C)OC2(C)C)NC1. The minimum absolute atomic E-state index is 0.0295. The van der Waals surface area contributed by atoms with E-state index in [2.05, 4.69) is 39.9 Å². The molecule has 2 heterocycles. The highest BCUT2D eigenvalue weighted by Crippen LogP contribution is 2.45. The van der Waals surface area contributed by atoms with Gasteiger partial charge in [-0.1, -0.05) is 6.92 Å². The molecule has 0 amide bonds. The van der Waals surface area contributed by atoms with Crippen LogP contribution in [0.25, 0.3) is 0 Å². The molecule has 2 aliphatic heterocycles. The standard InChI is InChI=1S/C14H27NO/c1-10-6-7-12(15-9-10)11-8-13(2,3)16-14(11,4)5/h10-12,15H,6-9H2,1-5H3. The molecule has 1 N–H and O–H groups in total. The fourth-order valence-corrected chi connectivity index (χ4v) is 3.60. The molecule has 3 atom stereocenters. The predicted molar refractivity (Wildman–Crippen MR) is 67.5 cm³/mol. The highest BCUT2D eigenvalue weighted by atomic mass is 16.5. The summed E-state index contributed by atoms with van der Waals surface area (Å²) in [7, 11) is 0. The van der Waals surface area contributed by atoms with E-state index in [1.807, 2.05) is 0 Å². The molecule has 0 aromatic rings. The molecular weight excluding hydrogens is 198 g/mol. The van der Waals surface area contributed by atoms with Crippen molar-refractivity contribution in [2.75, 3.05) is 6.54 Å². The number of hydrogen-bond acceptors (Lipinski definition) is 2. The topological polar surface area (TPSA) is 21.3 Å². The zero-order valence-corrected chi connectivity index (χ0v) is 11.5. The van der Waals surface area contributed by atoms with Crippen LogP contribution >= 0.6 is 0 Å². The van der Waals surface area contributed by atoms with Crippen molar-refractivity contribution in [2.45, 2.75) is 71.1 Å². The molecule has 2 rings (SSSR count). The quantitative estimate of drug-likeness (QED) is 0.741. The first-order chi connectivity index (χ1) is 7.30. The van der Waals surface area contributed by atoms with Crippen molar-refractivity contribution in [2.24, 2.45) is 11.8 Å². The van der Waals surface area contributed by atoms with E-state index in [1.165, 1.54) is 25.8 Å². The number of ether oxygens (including phenoxy) is 1. The van der Waals surface area contributed by atoms with Gasteiger partial charge in [-0.15, -0.1) is 0 Å². The number of rotatable bonds is 1. The first kappa shape index (κ1) is 12.4. The lowest BCUT2D eigenvalue weighted by Crippen LogP contribution is -2.48. The average Bonchev–Trinajstić information content (AvgIpc) is 2.35. The third kappa shape index (κ3) is 2.43. The minimum Gasteiger partial charge on any atom is -0.369 e. The van der Waals surface area contributed by atoms with Gasteiger partial charge in [0.25, 0.3) is 0 Å². The third-order valence-corrected chi connectivity index (χ3v) is 4.33. The lowest BCUT2D eigenvalue weighted by atomic mass is 9.77. The van der Waals surface area contributed by atoms with Crippen molar-refractivity contribution < 1.29 is 4.74 Å². The van der Waals surface area contributed by atoms with Gasteiger partial charge in [-0.05, 0) is 59.4 Å².